The number of carbonyl (C=O) groups excluding carboxylic acids is 1. The van der Waals surface area contributed by atoms with Crippen LogP contribution in [-0.2, 0) is 4.79 Å². The Morgan fingerprint density at radius 3 is 2.69 bits per heavy atom. The number of piperidine rings is 1. The van der Waals surface area contributed by atoms with Gasteiger partial charge in [0, 0.05) is 19.6 Å². The van der Waals surface area contributed by atoms with Crippen LogP contribution in [0.5, 0.6) is 0 Å². The summed E-state index contributed by atoms with van der Waals surface area (Å²) >= 11 is 0. The third kappa shape index (κ3) is 3.37. The van der Waals surface area contributed by atoms with Gasteiger partial charge in [-0.05, 0) is 19.8 Å². The molecule has 2 N–H and O–H groups in total. The zero-order chi connectivity index (χ0) is 12.1. The first-order valence-corrected chi connectivity index (χ1v) is 5.48. The number of β-amino-alcohol motifs (C(OH)–C–C–N with tert-alkyl or cyclic N) is 1. The molecule has 1 aliphatic rings. The number of carboxylic acids is 1. The van der Waals surface area contributed by atoms with E-state index in [1.54, 1.807) is 6.92 Å². The molecule has 0 aromatic carbocycles. The zero-order valence-electron chi connectivity index (χ0n) is 9.43. The Bertz CT molecular complexity index is 270. The molecule has 0 aromatic rings. The van der Waals surface area contributed by atoms with E-state index in [4.69, 9.17) is 5.11 Å². The number of hydrogen-bond donors (Lipinski definition) is 2. The summed E-state index contributed by atoms with van der Waals surface area (Å²) in [6.07, 6.45) is 0.980. The highest BCUT2D eigenvalue weighted by Gasteiger charge is 2.26. The summed E-state index contributed by atoms with van der Waals surface area (Å²) < 4.78 is 0. The standard InChI is InChI=1S/C10H18N2O4/c1-2-11(7-9(14)15)10(16)12-5-3-4-8(13)6-12/h8,13H,2-7H2,1H3,(H,14,15). The third-order valence-electron chi connectivity index (χ3n) is 2.65. The van der Waals surface area contributed by atoms with Gasteiger partial charge in [-0.25, -0.2) is 4.79 Å². The van der Waals surface area contributed by atoms with E-state index in [9.17, 15) is 14.7 Å². The first kappa shape index (κ1) is 12.8. The highest BCUT2D eigenvalue weighted by molar-refractivity contribution is 5.80. The molecule has 1 heterocycles. The minimum absolute atomic E-state index is 0.290. The molecule has 1 saturated heterocycles. The number of carboxylic acid groups (broad SMARTS) is 1. The summed E-state index contributed by atoms with van der Waals surface area (Å²) in [5.41, 5.74) is 0. The molecule has 1 aliphatic heterocycles. The number of aliphatic hydroxyl groups is 1. The number of carbonyl (C=O) groups is 2. The van der Waals surface area contributed by atoms with Crippen LogP contribution in [0.2, 0.25) is 0 Å². The Labute approximate surface area is 94.4 Å². The minimum Gasteiger partial charge on any atom is -0.480 e. The number of aliphatic hydroxyl groups excluding tert-OH is 1. The third-order valence-corrected chi connectivity index (χ3v) is 2.65. The van der Waals surface area contributed by atoms with Crippen molar-refractivity contribution in [1.82, 2.24) is 9.80 Å². The van der Waals surface area contributed by atoms with Crippen LogP contribution in [-0.4, -0.2) is 64.3 Å². The molecule has 16 heavy (non-hydrogen) atoms. The molecule has 1 rings (SSSR count). The molecule has 1 fully saturated rings. The summed E-state index contributed by atoms with van der Waals surface area (Å²) in [4.78, 5) is 25.2. The van der Waals surface area contributed by atoms with E-state index in [1.165, 1.54) is 9.80 Å². The van der Waals surface area contributed by atoms with Gasteiger partial charge in [0.25, 0.3) is 0 Å². The van der Waals surface area contributed by atoms with Crippen LogP contribution in [0.4, 0.5) is 4.79 Å². The van der Waals surface area contributed by atoms with E-state index in [0.717, 1.165) is 6.42 Å². The van der Waals surface area contributed by atoms with Crippen molar-refractivity contribution < 1.29 is 19.8 Å². The normalized spacial score (nSPS) is 20.6. The Morgan fingerprint density at radius 2 is 2.19 bits per heavy atom. The molecule has 92 valence electrons. The highest BCUT2D eigenvalue weighted by Crippen LogP contribution is 2.11. The fourth-order valence-corrected chi connectivity index (χ4v) is 1.81. The summed E-state index contributed by atoms with van der Waals surface area (Å²) in [5.74, 6) is -1.02. The van der Waals surface area contributed by atoms with Crippen molar-refractivity contribution in [1.29, 1.82) is 0 Å². The molecule has 0 saturated carbocycles. The maximum atomic E-state index is 11.9. The summed E-state index contributed by atoms with van der Waals surface area (Å²) in [7, 11) is 0. The van der Waals surface area contributed by atoms with Gasteiger partial charge in [-0.1, -0.05) is 0 Å². The summed E-state index contributed by atoms with van der Waals surface area (Å²) in [6.45, 7) is 2.70. The molecule has 0 spiro atoms. The molecule has 2 amide bonds. The lowest BCUT2D eigenvalue weighted by atomic mass is 10.1. The predicted octanol–water partition coefficient (Wildman–Crippen LogP) is -0.0304. The van der Waals surface area contributed by atoms with E-state index in [2.05, 4.69) is 0 Å². The van der Waals surface area contributed by atoms with Crippen LogP contribution in [0.1, 0.15) is 19.8 Å². The molecule has 1 atom stereocenters. The molecular formula is C10H18N2O4. The van der Waals surface area contributed by atoms with Crippen LogP contribution in [0.3, 0.4) is 0 Å². The topological polar surface area (TPSA) is 81.1 Å². The molecule has 6 nitrogen and oxygen atoms in total. The van der Waals surface area contributed by atoms with Gasteiger partial charge in [0.2, 0.25) is 0 Å². The van der Waals surface area contributed by atoms with Crippen LogP contribution in [0, 0.1) is 0 Å². The average Bonchev–Trinajstić information content (AvgIpc) is 2.24. The molecule has 1 unspecified atom stereocenters. The number of hydrogen-bond acceptors (Lipinski definition) is 3. The van der Waals surface area contributed by atoms with Crippen molar-refractivity contribution in [3.8, 4) is 0 Å². The number of rotatable bonds is 3. The molecule has 6 heteroatoms. The van der Waals surface area contributed by atoms with Crippen molar-refractivity contribution in [3.05, 3.63) is 0 Å². The van der Waals surface area contributed by atoms with Crippen molar-refractivity contribution >= 4 is 12.0 Å². The molecule has 0 aromatic heterocycles. The quantitative estimate of drug-likeness (QED) is 0.713. The largest absolute Gasteiger partial charge is 0.480 e. The number of aliphatic carboxylic acids is 1. The molecule has 0 radical (unpaired) electrons. The Morgan fingerprint density at radius 1 is 1.50 bits per heavy atom. The highest BCUT2D eigenvalue weighted by atomic mass is 16.4. The second-order valence-electron chi connectivity index (χ2n) is 3.93. The second kappa shape index (κ2) is 5.69. The predicted molar refractivity (Wildman–Crippen MR) is 57.1 cm³/mol. The molecule has 0 aliphatic carbocycles. The smallest absolute Gasteiger partial charge is 0.323 e. The monoisotopic (exact) mass is 230 g/mol. The van der Waals surface area contributed by atoms with Crippen molar-refractivity contribution in [2.24, 2.45) is 0 Å². The first-order valence-electron chi connectivity index (χ1n) is 5.48. The van der Waals surface area contributed by atoms with Crippen LogP contribution >= 0.6 is 0 Å². The second-order valence-corrected chi connectivity index (χ2v) is 3.93. The minimum atomic E-state index is -1.02. The fraction of sp³-hybridized carbons (Fsp3) is 0.800. The average molecular weight is 230 g/mol. The molecule has 0 bridgehead atoms. The van der Waals surface area contributed by atoms with Gasteiger partial charge in [0.15, 0.2) is 0 Å². The number of nitrogens with zero attached hydrogens (tertiary/aromatic N) is 2. The van der Waals surface area contributed by atoms with Crippen LogP contribution < -0.4 is 0 Å². The molecular weight excluding hydrogens is 212 g/mol. The van der Waals surface area contributed by atoms with Gasteiger partial charge in [-0.3, -0.25) is 4.79 Å². The van der Waals surface area contributed by atoms with Gasteiger partial charge in [0.1, 0.15) is 6.54 Å². The number of amides is 2. The fourth-order valence-electron chi connectivity index (χ4n) is 1.81. The Kier molecular flexibility index (Phi) is 4.54. The van der Waals surface area contributed by atoms with Gasteiger partial charge < -0.3 is 20.0 Å². The van der Waals surface area contributed by atoms with Crippen LogP contribution in [0.25, 0.3) is 0 Å². The van der Waals surface area contributed by atoms with Crippen molar-refractivity contribution in [2.75, 3.05) is 26.2 Å². The van der Waals surface area contributed by atoms with E-state index in [0.29, 0.717) is 26.1 Å². The number of urea groups is 1. The van der Waals surface area contributed by atoms with E-state index in [1.807, 2.05) is 0 Å². The van der Waals surface area contributed by atoms with Gasteiger partial charge >= 0.3 is 12.0 Å². The van der Waals surface area contributed by atoms with Gasteiger partial charge in [0.05, 0.1) is 6.10 Å². The van der Waals surface area contributed by atoms with E-state index >= 15 is 0 Å². The lowest BCUT2D eigenvalue weighted by molar-refractivity contribution is -0.137. The maximum Gasteiger partial charge on any atom is 0.323 e. The number of likely N-dealkylation sites (tertiary alicyclic amines) is 1. The zero-order valence-corrected chi connectivity index (χ0v) is 9.43. The van der Waals surface area contributed by atoms with E-state index in [-0.39, 0.29) is 12.6 Å². The number of likely N-dealkylation sites (N-methyl/N-ethyl adjacent to an activating group) is 1. The van der Waals surface area contributed by atoms with Crippen molar-refractivity contribution in [3.63, 3.8) is 0 Å². The lowest BCUT2D eigenvalue weighted by Crippen LogP contribution is -2.50. The van der Waals surface area contributed by atoms with E-state index < -0.39 is 12.1 Å². The maximum absolute atomic E-state index is 11.9. The van der Waals surface area contributed by atoms with Crippen LogP contribution in [0.15, 0.2) is 0 Å². The SMILES string of the molecule is CCN(CC(=O)O)C(=O)N1CCCC(O)C1. The summed E-state index contributed by atoms with van der Waals surface area (Å²) in [5, 5.41) is 18.1. The lowest BCUT2D eigenvalue weighted by Gasteiger charge is -2.33. The Balaban J connectivity index is 2.56. The summed E-state index contributed by atoms with van der Waals surface area (Å²) in [6, 6.07) is -0.302. The van der Waals surface area contributed by atoms with Gasteiger partial charge in [-0.15, -0.1) is 0 Å². The first-order chi connectivity index (χ1) is 7.54. The Hall–Kier alpha value is -1.30. The van der Waals surface area contributed by atoms with Gasteiger partial charge in [-0.2, -0.15) is 0 Å². The van der Waals surface area contributed by atoms with Crippen molar-refractivity contribution in [2.45, 2.75) is 25.9 Å².